The Kier molecular flexibility index (Phi) is 7.91. The largest absolute Gasteiger partial charge is 0.333 e. The van der Waals surface area contributed by atoms with Crippen molar-refractivity contribution in [1.82, 2.24) is 24.8 Å². The van der Waals surface area contributed by atoms with Crippen LogP contribution in [-0.2, 0) is 20.9 Å². The molecule has 194 valence electrons. The van der Waals surface area contributed by atoms with Crippen molar-refractivity contribution in [2.24, 2.45) is 5.41 Å². The molecule has 0 saturated carbocycles. The first-order valence-corrected chi connectivity index (χ1v) is 13.0. The van der Waals surface area contributed by atoms with Crippen LogP contribution in [0.25, 0.3) is 5.69 Å². The number of aryl methyl sites for hydroxylation is 1. The highest BCUT2D eigenvalue weighted by Gasteiger charge is 2.41. The van der Waals surface area contributed by atoms with Crippen LogP contribution in [0, 0.1) is 12.3 Å². The van der Waals surface area contributed by atoms with Gasteiger partial charge in [0.15, 0.2) is 0 Å². The van der Waals surface area contributed by atoms with Gasteiger partial charge in [-0.1, -0.05) is 44.3 Å². The van der Waals surface area contributed by atoms with E-state index in [0.717, 1.165) is 15.7 Å². The third-order valence-corrected chi connectivity index (χ3v) is 6.91. The van der Waals surface area contributed by atoms with Crippen LogP contribution in [0.15, 0.2) is 47.1 Å². The Morgan fingerprint density at radius 2 is 1.78 bits per heavy atom. The van der Waals surface area contributed by atoms with Gasteiger partial charge in [-0.15, -0.1) is 5.10 Å². The van der Waals surface area contributed by atoms with Gasteiger partial charge in [-0.2, -0.15) is 0 Å². The molecular weight excluding hydrogens is 583 g/mol. The summed E-state index contributed by atoms with van der Waals surface area (Å²) < 4.78 is 2.59. The van der Waals surface area contributed by atoms with E-state index >= 15 is 0 Å². The lowest BCUT2D eigenvalue weighted by molar-refractivity contribution is -0.153. The van der Waals surface area contributed by atoms with E-state index in [1.165, 1.54) is 18.7 Å². The highest BCUT2D eigenvalue weighted by Crippen LogP contribution is 2.27. The van der Waals surface area contributed by atoms with Gasteiger partial charge in [0.2, 0.25) is 17.7 Å². The van der Waals surface area contributed by atoms with E-state index in [0.29, 0.717) is 34.5 Å². The Morgan fingerprint density at radius 3 is 2.43 bits per heavy atom. The maximum atomic E-state index is 13.2. The number of hydrogen-bond acceptors (Lipinski definition) is 5. The molecule has 37 heavy (non-hydrogen) atoms. The van der Waals surface area contributed by atoms with Gasteiger partial charge in [0.1, 0.15) is 11.1 Å². The molecule has 1 N–H and O–H groups in total. The highest BCUT2D eigenvalue weighted by atomic mass is 79.9. The van der Waals surface area contributed by atoms with Crippen molar-refractivity contribution < 1.29 is 14.4 Å². The zero-order valence-electron chi connectivity index (χ0n) is 20.5. The maximum Gasteiger partial charge on any atom is 0.242 e. The molecule has 0 radical (unpaired) electrons. The summed E-state index contributed by atoms with van der Waals surface area (Å²) in [6, 6.07) is 10.5. The van der Waals surface area contributed by atoms with E-state index < -0.39 is 17.2 Å². The molecule has 1 saturated heterocycles. The molecule has 0 unspecified atom stereocenters. The van der Waals surface area contributed by atoms with Crippen molar-refractivity contribution in [3.8, 4) is 5.69 Å². The monoisotopic (exact) mass is 606 g/mol. The van der Waals surface area contributed by atoms with Crippen molar-refractivity contribution >= 4 is 62.5 Å². The SMILES string of the molecule is Cc1cc(Br)cc(-n2cc(CN3CCN(C(=O)C(C)(C)C(=O)Nc4cc(Cl)cc(Cl)c4)CC3=O)nn2)c1. The summed E-state index contributed by atoms with van der Waals surface area (Å²) in [6.45, 7) is 5.79. The van der Waals surface area contributed by atoms with E-state index in [-0.39, 0.29) is 19.0 Å². The second-order valence-electron chi connectivity index (χ2n) is 9.42. The molecule has 0 bridgehead atoms. The van der Waals surface area contributed by atoms with Crippen LogP contribution in [0.2, 0.25) is 10.0 Å². The minimum absolute atomic E-state index is 0.127. The number of anilines is 1. The first-order chi connectivity index (χ1) is 17.4. The first-order valence-electron chi connectivity index (χ1n) is 11.5. The standard InChI is InChI=1S/C25H25BrCl2N6O3/c1-15-6-16(26)8-21(7-15)34-13-20(30-31-34)12-32-4-5-33(14-22(32)35)24(37)25(2,3)23(36)29-19-10-17(27)9-18(28)11-19/h6-11,13H,4-5,12,14H2,1-3H3,(H,29,36). The normalized spacial score (nSPS) is 14.2. The predicted octanol–water partition coefficient (Wildman–Crippen LogP) is 4.48. The third kappa shape index (κ3) is 6.31. The molecule has 2 aromatic carbocycles. The molecule has 4 rings (SSSR count). The molecule has 1 fully saturated rings. The Balaban J connectivity index is 1.37. The molecule has 12 heteroatoms. The van der Waals surface area contributed by atoms with E-state index in [1.54, 1.807) is 34.0 Å². The molecule has 1 aromatic heterocycles. The molecule has 0 atom stereocenters. The fraction of sp³-hybridized carbons (Fsp3) is 0.320. The summed E-state index contributed by atoms with van der Waals surface area (Å²) in [5, 5.41) is 11.8. The molecular formula is C25H25BrCl2N6O3. The van der Waals surface area contributed by atoms with Crippen LogP contribution < -0.4 is 5.32 Å². The van der Waals surface area contributed by atoms with Gasteiger partial charge in [0, 0.05) is 33.3 Å². The third-order valence-electron chi connectivity index (χ3n) is 6.01. The minimum atomic E-state index is -1.41. The molecule has 1 aliphatic heterocycles. The van der Waals surface area contributed by atoms with E-state index in [2.05, 4.69) is 31.6 Å². The summed E-state index contributed by atoms with van der Waals surface area (Å²) in [5.41, 5.74) is 1.53. The average Bonchev–Trinajstić information content (AvgIpc) is 3.27. The number of carbonyl (C=O) groups is 3. The lowest BCUT2D eigenvalue weighted by atomic mass is 9.89. The van der Waals surface area contributed by atoms with Gasteiger partial charge in [-0.3, -0.25) is 14.4 Å². The number of nitrogens with one attached hydrogen (secondary N) is 1. The van der Waals surface area contributed by atoms with Gasteiger partial charge in [0.05, 0.1) is 25.0 Å². The van der Waals surface area contributed by atoms with Crippen LogP contribution in [-0.4, -0.2) is 62.1 Å². The van der Waals surface area contributed by atoms with Crippen molar-refractivity contribution in [2.75, 3.05) is 25.0 Å². The molecule has 3 amide bonds. The van der Waals surface area contributed by atoms with Crippen molar-refractivity contribution in [3.05, 3.63) is 68.4 Å². The molecule has 2 heterocycles. The second kappa shape index (κ2) is 10.8. The van der Waals surface area contributed by atoms with Gasteiger partial charge in [-0.05, 0) is 62.7 Å². The van der Waals surface area contributed by atoms with Gasteiger partial charge in [0.25, 0.3) is 0 Å². The average molecular weight is 608 g/mol. The van der Waals surface area contributed by atoms with Crippen LogP contribution in [0.3, 0.4) is 0 Å². The Bertz CT molecular complexity index is 1340. The Morgan fingerprint density at radius 1 is 1.08 bits per heavy atom. The number of halogens is 3. The van der Waals surface area contributed by atoms with Gasteiger partial charge in [-0.25, -0.2) is 4.68 Å². The molecule has 3 aromatic rings. The Hall–Kier alpha value is -2.95. The quantitative estimate of drug-likeness (QED) is 0.417. The fourth-order valence-corrected chi connectivity index (χ4v) is 5.12. The van der Waals surface area contributed by atoms with Crippen LogP contribution in [0.1, 0.15) is 25.1 Å². The number of rotatable bonds is 6. The van der Waals surface area contributed by atoms with Crippen molar-refractivity contribution in [1.29, 1.82) is 0 Å². The number of carbonyl (C=O) groups excluding carboxylic acids is 3. The smallest absolute Gasteiger partial charge is 0.242 e. The molecule has 0 aliphatic carbocycles. The van der Waals surface area contributed by atoms with Gasteiger partial charge < -0.3 is 15.1 Å². The predicted molar refractivity (Wildman–Crippen MR) is 145 cm³/mol. The first kappa shape index (κ1) is 27.1. The highest BCUT2D eigenvalue weighted by molar-refractivity contribution is 9.10. The van der Waals surface area contributed by atoms with Crippen LogP contribution in [0.5, 0.6) is 0 Å². The number of benzene rings is 2. The fourth-order valence-electron chi connectivity index (χ4n) is 4.00. The second-order valence-corrected chi connectivity index (χ2v) is 11.2. The molecule has 9 nitrogen and oxygen atoms in total. The molecule has 0 spiro atoms. The van der Waals surface area contributed by atoms with E-state index in [4.69, 9.17) is 23.2 Å². The van der Waals surface area contributed by atoms with E-state index in [1.807, 2.05) is 25.1 Å². The number of hydrogen-bond donors (Lipinski definition) is 1. The number of piperazine rings is 1. The maximum absolute atomic E-state index is 13.2. The van der Waals surface area contributed by atoms with Crippen molar-refractivity contribution in [2.45, 2.75) is 27.3 Å². The van der Waals surface area contributed by atoms with Gasteiger partial charge >= 0.3 is 0 Å². The lowest BCUT2D eigenvalue weighted by Gasteiger charge is -2.37. The van der Waals surface area contributed by atoms with Crippen molar-refractivity contribution in [3.63, 3.8) is 0 Å². The number of amides is 3. The summed E-state index contributed by atoms with van der Waals surface area (Å²) >= 11 is 15.5. The minimum Gasteiger partial charge on any atom is -0.333 e. The lowest BCUT2D eigenvalue weighted by Crippen LogP contribution is -2.56. The summed E-state index contributed by atoms with van der Waals surface area (Å²) in [4.78, 5) is 42.1. The number of aromatic nitrogens is 3. The zero-order valence-corrected chi connectivity index (χ0v) is 23.6. The number of nitrogens with zero attached hydrogens (tertiary/aromatic N) is 5. The summed E-state index contributed by atoms with van der Waals surface area (Å²) in [5.74, 6) is -1.20. The topological polar surface area (TPSA) is 100 Å². The van der Waals surface area contributed by atoms with Crippen LogP contribution in [0.4, 0.5) is 5.69 Å². The van der Waals surface area contributed by atoms with Crippen LogP contribution >= 0.6 is 39.1 Å². The summed E-state index contributed by atoms with van der Waals surface area (Å²) in [7, 11) is 0. The Labute approximate surface area is 232 Å². The molecule has 1 aliphatic rings. The van der Waals surface area contributed by atoms with E-state index in [9.17, 15) is 14.4 Å². The summed E-state index contributed by atoms with van der Waals surface area (Å²) in [6.07, 6.45) is 1.78. The zero-order chi connectivity index (χ0) is 26.9.